The number of rotatable bonds is 13. The number of sulfonamides is 1. The lowest BCUT2D eigenvalue weighted by atomic mass is 9.66. The van der Waals surface area contributed by atoms with Crippen LogP contribution in [0.2, 0.25) is 0 Å². The molecule has 1 amide bonds. The zero-order valence-electron chi connectivity index (χ0n) is 25.3. The van der Waals surface area contributed by atoms with Crippen molar-refractivity contribution >= 4 is 16.1 Å². The molecule has 236 valence electrons. The molecular formula is C32H44N2O8S. The van der Waals surface area contributed by atoms with E-state index >= 15 is 0 Å². The van der Waals surface area contributed by atoms with Gasteiger partial charge in [-0.25, -0.2) is 13.2 Å². The number of methoxy groups -OCH3 is 1. The standard InChI is InChI=1S/C32H44N2O8S/c1-5-32-17-29-28(16-23(32)20-40-30(32)41-29)42-31(36)33-26(15-22-9-7-6-8-10-22)27(35)19-34(18-21(2)3)43(37,38)25-13-11-24(39-4)12-14-25/h6-14,21,23,26-30,35H,5,15-20H2,1-4H3,(H,33,36)/t23-,26+,27-,28?,29?,30-,32-/m1/s1. The van der Waals surface area contributed by atoms with Crippen LogP contribution in [-0.4, -0.2) is 81.4 Å². The third-order valence-electron chi connectivity index (χ3n) is 9.18. The van der Waals surface area contributed by atoms with Crippen LogP contribution in [0.5, 0.6) is 5.75 Å². The number of ether oxygens (including phenoxy) is 4. The molecular weight excluding hydrogens is 572 g/mol. The van der Waals surface area contributed by atoms with Crippen molar-refractivity contribution in [2.75, 3.05) is 26.8 Å². The zero-order valence-corrected chi connectivity index (χ0v) is 26.2. The Kier molecular flexibility index (Phi) is 9.67. The van der Waals surface area contributed by atoms with Crippen LogP contribution < -0.4 is 10.1 Å². The van der Waals surface area contributed by atoms with E-state index in [0.29, 0.717) is 18.8 Å². The van der Waals surface area contributed by atoms with E-state index in [1.165, 1.54) is 23.5 Å². The maximum atomic E-state index is 13.7. The van der Waals surface area contributed by atoms with E-state index in [-0.39, 0.29) is 54.1 Å². The van der Waals surface area contributed by atoms with Crippen LogP contribution in [-0.2, 0) is 30.7 Å². The predicted molar refractivity (Wildman–Crippen MR) is 160 cm³/mol. The van der Waals surface area contributed by atoms with Crippen molar-refractivity contribution in [2.45, 2.75) is 82.0 Å². The first-order valence-electron chi connectivity index (χ1n) is 15.2. The molecule has 0 radical (unpaired) electrons. The van der Waals surface area contributed by atoms with Gasteiger partial charge in [-0.1, -0.05) is 51.1 Å². The van der Waals surface area contributed by atoms with E-state index in [2.05, 4.69) is 12.2 Å². The second kappa shape index (κ2) is 13.1. The number of aliphatic hydroxyl groups is 1. The van der Waals surface area contributed by atoms with Crippen molar-refractivity contribution in [2.24, 2.45) is 17.3 Å². The van der Waals surface area contributed by atoms with Gasteiger partial charge in [0.25, 0.3) is 0 Å². The predicted octanol–water partition coefficient (Wildman–Crippen LogP) is 3.97. The molecule has 2 bridgehead atoms. The van der Waals surface area contributed by atoms with Gasteiger partial charge >= 0.3 is 6.09 Å². The van der Waals surface area contributed by atoms with Gasteiger partial charge < -0.3 is 29.4 Å². The highest BCUT2D eigenvalue weighted by Gasteiger charge is 2.63. The molecule has 43 heavy (non-hydrogen) atoms. The number of amides is 1. The summed E-state index contributed by atoms with van der Waals surface area (Å²) in [5.41, 5.74) is 0.877. The van der Waals surface area contributed by atoms with Crippen LogP contribution in [0.1, 0.15) is 45.6 Å². The molecule has 2 aliphatic heterocycles. The summed E-state index contributed by atoms with van der Waals surface area (Å²) in [6.45, 7) is 6.57. The van der Waals surface area contributed by atoms with Crippen molar-refractivity contribution < 1.29 is 37.3 Å². The topological polar surface area (TPSA) is 124 Å². The van der Waals surface area contributed by atoms with Gasteiger partial charge in [0.15, 0.2) is 6.29 Å². The zero-order chi connectivity index (χ0) is 30.8. The Morgan fingerprint density at radius 2 is 1.86 bits per heavy atom. The molecule has 7 atom stereocenters. The number of alkyl carbamates (subject to hydrolysis) is 1. The monoisotopic (exact) mass is 616 g/mol. The summed E-state index contributed by atoms with van der Waals surface area (Å²) in [5.74, 6) is 0.803. The summed E-state index contributed by atoms with van der Waals surface area (Å²) < 4.78 is 51.8. The van der Waals surface area contributed by atoms with Crippen LogP contribution in [0, 0.1) is 17.3 Å². The molecule has 0 aromatic heterocycles. The van der Waals surface area contributed by atoms with E-state index < -0.39 is 34.4 Å². The van der Waals surface area contributed by atoms with Gasteiger partial charge in [0, 0.05) is 18.5 Å². The van der Waals surface area contributed by atoms with Crippen molar-refractivity contribution in [1.29, 1.82) is 0 Å². The Morgan fingerprint density at radius 1 is 1.14 bits per heavy atom. The minimum absolute atomic E-state index is 0.00187. The Labute approximate surface area is 254 Å². The minimum atomic E-state index is -3.95. The summed E-state index contributed by atoms with van der Waals surface area (Å²) in [6, 6.07) is 14.8. The fraction of sp³-hybridized carbons (Fsp3) is 0.594. The second-order valence-corrected chi connectivity index (χ2v) is 14.3. The number of nitrogens with zero attached hydrogens (tertiary/aromatic N) is 1. The summed E-state index contributed by atoms with van der Waals surface area (Å²) in [7, 11) is -2.43. The fourth-order valence-electron chi connectivity index (χ4n) is 6.81. The Balaban J connectivity index is 1.31. The molecule has 1 aliphatic carbocycles. The molecule has 1 saturated carbocycles. The Morgan fingerprint density at radius 3 is 2.51 bits per heavy atom. The quantitative estimate of drug-likeness (QED) is 0.347. The van der Waals surface area contributed by atoms with Gasteiger partial charge in [-0.2, -0.15) is 4.31 Å². The maximum absolute atomic E-state index is 13.7. The van der Waals surface area contributed by atoms with Gasteiger partial charge in [-0.05, 0) is 67.3 Å². The summed E-state index contributed by atoms with van der Waals surface area (Å²) >= 11 is 0. The normalized spacial score (nSPS) is 27.7. The first-order chi connectivity index (χ1) is 20.6. The summed E-state index contributed by atoms with van der Waals surface area (Å²) in [6.07, 6.45) is -0.0810. The fourth-order valence-corrected chi connectivity index (χ4v) is 8.43. The molecule has 3 aliphatic rings. The molecule has 2 heterocycles. The van der Waals surface area contributed by atoms with Crippen LogP contribution in [0.3, 0.4) is 0 Å². The SMILES string of the molecule is CC[C@]12CC3O[C@H]1OC[C@H]2CC3OC(=O)N[C@@H](Cc1ccccc1)[C@H](O)CN(CC(C)C)S(=O)(=O)c1ccc(OC)cc1. The number of nitrogens with one attached hydrogen (secondary N) is 1. The smallest absolute Gasteiger partial charge is 0.407 e. The lowest BCUT2D eigenvalue weighted by Crippen LogP contribution is -2.52. The van der Waals surface area contributed by atoms with E-state index in [1.807, 2.05) is 44.2 Å². The molecule has 11 heteroatoms. The first kappa shape index (κ1) is 31.7. The highest BCUT2D eigenvalue weighted by atomic mass is 32.2. The highest BCUT2D eigenvalue weighted by Crippen LogP contribution is 2.58. The molecule has 2 N–H and O–H groups in total. The molecule has 10 nitrogen and oxygen atoms in total. The van der Waals surface area contributed by atoms with Gasteiger partial charge in [0.05, 0.1) is 36.9 Å². The van der Waals surface area contributed by atoms with Gasteiger partial charge in [-0.3, -0.25) is 0 Å². The number of carbonyl (C=O) groups is 1. The average Bonchev–Trinajstić information content (AvgIpc) is 3.50. The second-order valence-electron chi connectivity index (χ2n) is 12.4. The average molecular weight is 617 g/mol. The van der Waals surface area contributed by atoms with Crippen molar-refractivity contribution in [3.63, 3.8) is 0 Å². The van der Waals surface area contributed by atoms with Gasteiger partial charge in [-0.15, -0.1) is 0 Å². The van der Waals surface area contributed by atoms with E-state index in [4.69, 9.17) is 18.9 Å². The molecule has 2 unspecified atom stereocenters. The lowest BCUT2D eigenvalue weighted by Gasteiger charge is -2.38. The number of benzene rings is 2. The minimum Gasteiger partial charge on any atom is -0.497 e. The summed E-state index contributed by atoms with van der Waals surface area (Å²) in [4.78, 5) is 13.4. The first-order valence-corrected chi connectivity index (χ1v) is 16.6. The van der Waals surface area contributed by atoms with Crippen molar-refractivity contribution in [3.05, 3.63) is 60.2 Å². The van der Waals surface area contributed by atoms with Crippen LogP contribution in [0.15, 0.2) is 59.5 Å². The Bertz CT molecular complexity index is 1340. The van der Waals surface area contributed by atoms with Crippen LogP contribution >= 0.6 is 0 Å². The summed E-state index contributed by atoms with van der Waals surface area (Å²) in [5, 5.41) is 14.4. The molecule has 3 fully saturated rings. The number of hydrogen-bond donors (Lipinski definition) is 2. The van der Waals surface area contributed by atoms with Gasteiger partial charge in [0.2, 0.25) is 10.0 Å². The third-order valence-corrected chi connectivity index (χ3v) is 11.0. The molecule has 2 aromatic carbocycles. The number of hydrogen-bond acceptors (Lipinski definition) is 8. The number of fused-ring (bicyclic) bond motifs is 1. The number of aliphatic hydroxyl groups excluding tert-OH is 1. The third kappa shape index (κ3) is 6.71. The van der Waals surface area contributed by atoms with E-state index in [1.54, 1.807) is 12.1 Å². The van der Waals surface area contributed by atoms with E-state index in [0.717, 1.165) is 18.4 Å². The maximum Gasteiger partial charge on any atom is 0.407 e. The van der Waals surface area contributed by atoms with Gasteiger partial charge in [0.1, 0.15) is 11.9 Å². The lowest BCUT2D eigenvalue weighted by molar-refractivity contribution is -0.152. The Hall–Kier alpha value is -2.70. The molecule has 0 spiro atoms. The van der Waals surface area contributed by atoms with Crippen LogP contribution in [0.4, 0.5) is 4.79 Å². The van der Waals surface area contributed by atoms with Crippen molar-refractivity contribution in [1.82, 2.24) is 9.62 Å². The number of carbonyl (C=O) groups excluding carboxylic acids is 1. The van der Waals surface area contributed by atoms with Crippen molar-refractivity contribution in [3.8, 4) is 5.75 Å². The molecule has 5 rings (SSSR count). The largest absolute Gasteiger partial charge is 0.497 e. The van der Waals surface area contributed by atoms with E-state index in [9.17, 15) is 18.3 Å². The molecule has 2 aromatic rings. The van der Waals surface area contributed by atoms with Crippen LogP contribution in [0.25, 0.3) is 0 Å². The highest BCUT2D eigenvalue weighted by molar-refractivity contribution is 7.89. The molecule has 2 saturated heterocycles.